The molecule has 1 saturated carbocycles. The van der Waals surface area contributed by atoms with E-state index < -0.39 is 0 Å². The molecule has 1 aliphatic rings. The summed E-state index contributed by atoms with van der Waals surface area (Å²) in [5.74, 6) is 0. The van der Waals surface area contributed by atoms with E-state index in [-0.39, 0.29) is 11.6 Å². The highest BCUT2D eigenvalue weighted by atomic mass is 16.5. The summed E-state index contributed by atoms with van der Waals surface area (Å²) in [5.41, 5.74) is 0.879. The van der Waals surface area contributed by atoms with E-state index in [0.29, 0.717) is 0 Å². The third-order valence-electron chi connectivity index (χ3n) is 3.58. The van der Waals surface area contributed by atoms with Crippen LogP contribution in [0.1, 0.15) is 44.3 Å². The zero-order chi connectivity index (χ0) is 12.1. The fourth-order valence-electron chi connectivity index (χ4n) is 2.92. The average molecular weight is 235 g/mol. The Labute approximate surface area is 103 Å². The van der Waals surface area contributed by atoms with Gasteiger partial charge in [0.25, 0.3) is 0 Å². The van der Waals surface area contributed by atoms with Crippen LogP contribution < -0.4 is 5.32 Å². The average Bonchev–Trinajstić information content (AvgIpc) is 2.81. The molecular formula is C13H21N3O. The molecule has 0 saturated heterocycles. The van der Waals surface area contributed by atoms with Crippen molar-refractivity contribution < 1.29 is 4.74 Å². The Hall–Kier alpha value is -1.00. The topological polar surface area (TPSA) is 47.0 Å². The zero-order valence-electron chi connectivity index (χ0n) is 10.6. The fourth-order valence-corrected chi connectivity index (χ4v) is 2.92. The van der Waals surface area contributed by atoms with Gasteiger partial charge in [-0.1, -0.05) is 12.8 Å². The van der Waals surface area contributed by atoms with Gasteiger partial charge in [-0.3, -0.25) is 9.97 Å². The number of hydrogen-bond acceptors (Lipinski definition) is 4. The van der Waals surface area contributed by atoms with Crippen molar-refractivity contribution in [3.05, 3.63) is 24.3 Å². The van der Waals surface area contributed by atoms with Crippen molar-refractivity contribution in [3.63, 3.8) is 0 Å². The molecule has 4 nitrogen and oxygen atoms in total. The van der Waals surface area contributed by atoms with Crippen molar-refractivity contribution >= 4 is 0 Å². The Balaban J connectivity index is 2.26. The van der Waals surface area contributed by atoms with Gasteiger partial charge in [-0.25, -0.2) is 0 Å². The summed E-state index contributed by atoms with van der Waals surface area (Å²) >= 11 is 0. The van der Waals surface area contributed by atoms with Gasteiger partial charge in [0.15, 0.2) is 0 Å². The molecule has 1 N–H and O–H groups in total. The van der Waals surface area contributed by atoms with Gasteiger partial charge < -0.3 is 10.1 Å². The van der Waals surface area contributed by atoms with Crippen molar-refractivity contribution in [1.82, 2.24) is 15.3 Å². The van der Waals surface area contributed by atoms with Crippen LogP contribution >= 0.6 is 0 Å². The number of rotatable bonds is 5. The summed E-state index contributed by atoms with van der Waals surface area (Å²) in [6.45, 7) is 2.81. The van der Waals surface area contributed by atoms with Gasteiger partial charge >= 0.3 is 0 Å². The number of hydrogen-bond donors (Lipinski definition) is 1. The van der Waals surface area contributed by atoms with Gasteiger partial charge in [0.05, 0.1) is 23.5 Å². The van der Waals surface area contributed by atoms with E-state index in [4.69, 9.17) is 4.74 Å². The smallest absolute Gasteiger partial charge is 0.0892 e. The number of ether oxygens (including phenoxy) is 1. The molecule has 0 aromatic carbocycles. The SMILES string of the molecule is CCOC1(C(NC)c2cnccn2)CCCC1. The molecule has 4 heteroatoms. The van der Waals surface area contributed by atoms with E-state index in [2.05, 4.69) is 22.2 Å². The molecule has 1 unspecified atom stereocenters. The first-order valence-corrected chi connectivity index (χ1v) is 6.39. The molecule has 1 heterocycles. The van der Waals surface area contributed by atoms with Crippen LogP contribution in [0.15, 0.2) is 18.6 Å². The fraction of sp³-hybridized carbons (Fsp3) is 0.692. The third-order valence-corrected chi connectivity index (χ3v) is 3.58. The van der Waals surface area contributed by atoms with Gasteiger partial charge in [0.1, 0.15) is 0 Å². The molecule has 1 fully saturated rings. The van der Waals surface area contributed by atoms with Gasteiger partial charge in [0, 0.05) is 19.0 Å². The van der Waals surface area contributed by atoms with Gasteiger partial charge in [-0.15, -0.1) is 0 Å². The van der Waals surface area contributed by atoms with E-state index in [1.807, 2.05) is 13.2 Å². The number of nitrogens with zero attached hydrogens (tertiary/aromatic N) is 2. The van der Waals surface area contributed by atoms with E-state index in [1.165, 1.54) is 12.8 Å². The minimum Gasteiger partial charge on any atom is -0.373 e. The van der Waals surface area contributed by atoms with Gasteiger partial charge in [-0.05, 0) is 26.8 Å². The van der Waals surface area contributed by atoms with Gasteiger partial charge in [0.2, 0.25) is 0 Å². The second kappa shape index (κ2) is 5.56. The van der Waals surface area contributed by atoms with E-state index in [1.54, 1.807) is 12.4 Å². The Morgan fingerprint density at radius 3 is 2.71 bits per heavy atom. The third kappa shape index (κ3) is 2.48. The standard InChI is InChI=1S/C13H21N3O/c1-3-17-13(6-4-5-7-13)12(14-2)11-10-15-8-9-16-11/h8-10,12,14H,3-7H2,1-2H3. The summed E-state index contributed by atoms with van der Waals surface area (Å²) in [6, 6.07) is 0.138. The van der Waals surface area contributed by atoms with Crippen molar-refractivity contribution in [2.45, 2.75) is 44.2 Å². The molecule has 2 rings (SSSR count). The van der Waals surface area contributed by atoms with E-state index in [9.17, 15) is 0 Å². The second-order valence-corrected chi connectivity index (χ2v) is 4.56. The van der Waals surface area contributed by atoms with Crippen molar-refractivity contribution in [3.8, 4) is 0 Å². The predicted molar refractivity (Wildman–Crippen MR) is 66.7 cm³/mol. The Morgan fingerprint density at radius 2 is 2.18 bits per heavy atom. The lowest BCUT2D eigenvalue weighted by Crippen LogP contribution is -2.43. The van der Waals surface area contributed by atoms with Crippen molar-refractivity contribution in [2.24, 2.45) is 0 Å². The first kappa shape index (κ1) is 12.5. The maximum atomic E-state index is 6.07. The molecule has 0 amide bonds. The van der Waals surface area contributed by atoms with Crippen LogP contribution in [0.2, 0.25) is 0 Å². The van der Waals surface area contributed by atoms with Gasteiger partial charge in [-0.2, -0.15) is 0 Å². The molecule has 17 heavy (non-hydrogen) atoms. The monoisotopic (exact) mass is 235 g/mol. The molecule has 1 atom stereocenters. The molecule has 0 radical (unpaired) electrons. The van der Waals surface area contributed by atoms with E-state index in [0.717, 1.165) is 25.1 Å². The predicted octanol–water partition coefficient (Wildman–Crippen LogP) is 2.09. The molecule has 0 spiro atoms. The minimum atomic E-state index is -0.0977. The van der Waals surface area contributed by atoms with Crippen LogP contribution in [-0.2, 0) is 4.74 Å². The van der Waals surface area contributed by atoms with Crippen LogP contribution in [0, 0.1) is 0 Å². The zero-order valence-corrected chi connectivity index (χ0v) is 10.6. The van der Waals surface area contributed by atoms with Crippen LogP contribution in [0.25, 0.3) is 0 Å². The second-order valence-electron chi connectivity index (χ2n) is 4.56. The Kier molecular flexibility index (Phi) is 4.07. The van der Waals surface area contributed by atoms with Crippen molar-refractivity contribution in [2.75, 3.05) is 13.7 Å². The molecule has 1 aliphatic carbocycles. The molecule has 0 aliphatic heterocycles. The van der Waals surface area contributed by atoms with Crippen LogP contribution in [0.4, 0.5) is 0 Å². The highest BCUT2D eigenvalue weighted by Crippen LogP contribution is 2.42. The van der Waals surface area contributed by atoms with E-state index >= 15 is 0 Å². The molecule has 1 aromatic heterocycles. The summed E-state index contributed by atoms with van der Waals surface area (Å²) in [4.78, 5) is 8.57. The minimum absolute atomic E-state index is 0.0977. The largest absolute Gasteiger partial charge is 0.373 e. The lowest BCUT2D eigenvalue weighted by atomic mass is 9.89. The molecule has 1 aromatic rings. The number of likely N-dealkylation sites (N-methyl/N-ethyl adjacent to an activating group) is 1. The highest BCUT2D eigenvalue weighted by molar-refractivity contribution is 5.11. The summed E-state index contributed by atoms with van der Waals surface area (Å²) in [5, 5.41) is 3.36. The lowest BCUT2D eigenvalue weighted by Gasteiger charge is -2.36. The first-order valence-electron chi connectivity index (χ1n) is 6.39. The van der Waals surface area contributed by atoms with Crippen LogP contribution in [-0.4, -0.2) is 29.2 Å². The molecule has 0 bridgehead atoms. The lowest BCUT2D eigenvalue weighted by molar-refractivity contribution is -0.0620. The molecule has 94 valence electrons. The Morgan fingerprint density at radius 1 is 1.41 bits per heavy atom. The maximum absolute atomic E-state index is 6.07. The highest BCUT2D eigenvalue weighted by Gasteiger charge is 2.43. The van der Waals surface area contributed by atoms with Crippen LogP contribution in [0.5, 0.6) is 0 Å². The molecular weight excluding hydrogens is 214 g/mol. The first-order chi connectivity index (χ1) is 8.32. The number of nitrogens with one attached hydrogen (secondary N) is 1. The normalized spacial score (nSPS) is 20.4. The van der Waals surface area contributed by atoms with Crippen LogP contribution in [0.3, 0.4) is 0 Å². The maximum Gasteiger partial charge on any atom is 0.0892 e. The quantitative estimate of drug-likeness (QED) is 0.849. The summed E-state index contributed by atoms with van der Waals surface area (Å²) < 4.78 is 6.07. The number of aromatic nitrogens is 2. The summed E-state index contributed by atoms with van der Waals surface area (Å²) in [7, 11) is 1.97. The van der Waals surface area contributed by atoms with Crippen molar-refractivity contribution in [1.29, 1.82) is 0 Å². The summed E-state index contributed by atoms with van der Waals surface area (Å²) in [6.07, 6.45) is 9.95. The Bertz CT molecular complexity index is 336.